The molecule has 1 atom stereocenters. The van der Waals surface area contributed by atoms with Gasteiger partial charge >= 0.3 is 0 Å². The minimum absolute atomic E-state index is 0.734. The molecule has 3 saturated heterocycles. The van der Waals surface area contributed by atoms with Crippen molar-refractivity contribution in [3.8, 4) is 0 Å². The average Bonchev–Trinajstić information content (AvgIpc) is 2.77. The van der Waals surface area contributed by atoms with E-state index in [1.807, 2.05) is 0 Å². The van der Waals surface area contributed by atoms with Crippen molar-refractivity contribution < 1.29 is 0 Å². The molecule has 3 aliphatic heterocycles. The Balaban J connectivity index is 1.45. The van der Waals surface area contributed by atoms with Crippen LogP contribution in [0, 0.1) is 12.8 Å². The van der Waals surface area contributed by atoms with E-state index in [-0.39, 0.29) is 0 Å². The molecule has 0 spiro atoms. The molecule has 3 nitrogen and oxygen atoms in total. The summed E-state index contributed by atoms with van der Waals surface area (Å²) in [6.07, 6.45) is 3.87. The second-order valence-corrected chi connectivity index (χ2v) is 6.37. The van der Waals surface area contributed by atoms with Gasteiger partial charge in [-0.15, -0.1) is 11.3 Å². The van der Waals surface area contributed by atoms with Crippen molar-refractivity contribution in [1.29, 1.82) is 0 Å². The van der Waals surface area contributed by atoms with E-state index in [4.69, 9.17) is 0 Å². The van der Waals surface area contributed by atoms with E-state index in [0.29, 0.717) is 0 Å². The van der Waals surface area contributed by atoms with E-state index in [9.17, 15) is 0 Å². The molecule has 1 aromatic heterocycles. The summed E-state index contributed by atoms with van der Waals surface area (Å²) in [5.74, 6) is 0.928. The minimum Gasteiger partial charge on any atom is -0.312 e. The van der Waals surface area contributed by atoms with E-state index in [0.717, 1.165) is 24.9 Å². The molecule has 0 aromatic carbocycles. The largest absolute Gasteiger partial charge is 0.312 e. The van der Waals surface area contributed by atoms with Gasteiger partial charge in [0.15, 0.2) is 0 Å². The van der Waals surface area contributed by atoms with Gasteiger partial charge in [-0.3, -0.25) is 0 Å². The summed E-state index contributed by atoms with van der Waals surface area (Å²) in [6, 6.07) is 0.734. The van der Waals surface area contributed by atoms with Gasteiger partial charge in [0.25, 0.3) is 0 Å². The lowest BCUT2D eigenvalue weighted by atomic mass is 9.84. The maximum absolute atomic E-state index is 4.51. The fourth-order valence-electron chi connectivity index (χ4n) is 3.11. The van der Waals surface area contributed by atoms with E-state index >= 15 is 0 Å². The molecule has 0 radical (unpaired) electrons. The molecule has 17 heavy (non-hydrogen) atoms. The number of fused-ring (bicyclic) bond motifs is 3. The van der Waals surface area contributed by atoms with Crippen LogP contribution >= 0.6 is 11.3 Å². The van der Waals surface area contributed by atoms with Gasteiger partial charge in [-0.2, -0.15) is 0 Å². The number of rotatable bonds is 4. The molecule has 3 fully saturated rings. The van der Waals surface area contributed by atoms with Gasteiger partial charge in [-0.25, -0.2) is 4.98 Å². The first-order chi connectivity index (χ1) is 8.31. The Kier molecular flexibility index (Phi) is 3.45. The van der Waals surface area contributed by atoms with Crippen molar-refractivity contribution in [2.45, 2.75) is 32.2 Å². The van der Waals surface area contributed by atoms with Crippen LogP contribution in [0.1, 0.15) is 23.5 Å². The molecule has 2 bridgehead atoms. The lowest BCUT2D eigenvalue weighted by molar-refractivity contribution is 0.0731. The fourth-order valence-corrected chi connectivity index (χ4v) is 3.75. The molecule has 1 unspecified atom stereocenters. The molecule has 1 N–H and O–H groups in total. The van der Waals surface area contributed by atoms with Crippen LogP contribution in [0.3, 0.4) is 0 Å². The number of nitrogens with zero attached hydrogens (tertiary/aromatic N) is 2. The fraction of sp³-hybridized carbons (Fsp3) is 0.769. The first-order valence-electron chi connectivity index (χ1n) is 6.68. The Hall–Kier alpha value is -0.450. The lowest BCUT2D eigenvalue weighted by Gasteiger charge is -2.45. The van der Waals surface area contributed by atoms with Gasteiger partial charge in [-0.1, -0.05) is 0 Å². The summed E-state index contributed by atoms with van der Waals surface area (Å²) < 4.78 is 0. The van der Waals surface area contributed by atoms with Crippen LogP contribution in [-0.4, -0.2) is 42.1 Å². The van der Waals surface area contributed by atoms with Gasteiger partial charge < -0.3 is 10.2 Å². The third-order valence-electron chi connectivity index (χ3n) is 4.11. The summed E-state index contributed by atoms with van der Waals surface area (Å²) in [4.78, 5) is 7.11. The molecule has 4 heterocycles. The number of hydrogen-bond donors (Lipinski definition) is 1. The van der Waals surface area contributed by atoms with E-state index < -0.39 is 0 Å². The first-order valence-corrected chi connectivity index (χ1v) is 7.56. The monoisotopic (exact) mass is 251 g/mol. The Bertz CT molecular complexity index is 368. The van der Waals surface area contributed by atoms with Crippen LogP contribution in [0.15, 0.2) is 5.38 Å². The Morgan fingerprint density at radius 1 is 1.47 bits per heavy atom. The third kappa shape index (κ3) is 2.69. The molecule has 94 valence electrons. The Labute approximate surface area is 107 Å². The summed E-state index contributed by atoms with van der Waals surface area (Å²) in [7, 11) is 0. The van der Waals surface area contributed by atoms with Crippen molar-refractivity contribution in [1.82, 2.24) is 15.2 Å². The topological polar surface area (TPSA) is 28.2 Å². The highest BCUT2D eigenvalue weighted by molar-refractivity contribution is 7.09. The van der Waals surface area contributed by atoms with Crippen molar-refractivity contribution in [2.24, 2.45) is 5.92 Å². The van der Waals surface area contributed by atoms with E-state index in [2.05, 4.69) is 27.5 Å². The molecule has 0 aliphatic carbocycles. The van der Waals surface area contributed by atoms with Crippen LogP contribution in [0.25, 0.3) is 0 Å². The highest BCUT2D eigenvalue weighted by Gasteiger charge is 2.33. The van der Waals surface area contributed by atoms with Crippen LogP contribution in [0.2, 0.25) is 0 Å². The number of piperidine rings is 3. The Morgan fingerprint density at radius 2 is 2.29 bits per heavy atom. The molecular weight excluding hydrogens is 230 g/mol. The van der Waals surface area contributed by atoms with Crippen LogP contribution in [0.4, 0.5) is 0 Å². The van der Waals surface area contributed by atoms with E-state index in [1.165, 1.54) is 43.2 Å². The minimum atomic E-state index is 0.734. The molecule has 0 saturated carbocycles. The number of nitrogens with one attached hydrogen (secondary N) is 1. The average molecular weight is 251 g/mol. The van der Waals surface area contributed by atoms with Gasteiger partial charge in [0, 0.05) is 30.9 Å². The predicted molar refractivity (Wildman–Crippen MR) is 71.5 cm³/mol. The first kappa shape index (κ1) is 11.6. The highest BCUT2D eigenvalue weighted by Crippen LogP contribution is 2.27. The smallest absolute Gasteiger partial charge is 0.0897 e. The predicted octanol–water partition coefficient (Wildman–Crippen LogP) is 1.68. The highest BCUT2D eigenvalue weighted by atomic mass is 32.1. The number of hydrogen-bond acceptors (Lipinski definition) is 4. The summed E-state index contributed by atoms with van der Waals surface area (Å²) in [6.45, 7) is 7.08. The summed E-state index contributed by atoms with van der Waals surface area (Å²) in [5, 5.41) is 7.10. The lowest BCUT2D eigenvalue weighted by Crippen LogP contribution is -2.56. The van der Waals surface area contributed by atoms with Crippen LogP contribution in [0.5, 0.6) is 0 Å². The van der Waals surface area contributed by atoms with Gasteiger partial charge in [0.2, 0.25) is 0 Å². The maximum atomic E-state index is 4.51. The standard InChI is InChI=1S/C13H21N3S/c1-10-15-12(9-17-10)2-5-14-13-8-16-6-3-11(13)4-7-16/h9,11,13-14H,2-8H2,1H3. The van der Waals surface area contributed by atoms with Crippen molar-refractivity contribution in [3.05, 3.63) is 16.1 Å². The second-order valence-electron chi connectivity index (χ2n) is 5.31. The molecule has 1 aromatic rings. The van der Waals surface area contributed by atoms with Crippen LogP contribution in [-0.2, 0) is 6.42 Å². The maximum Gasteiger partial charge on any atom is 0.0897 e. The molecular formula is C13H21N3S. The number of aryl methyl sites for hydroxylation is 1. The summed E-state index contributed by atoms with van der Waals surface area (Å²) in [5.41, 5.74) is 1.25. The molecule has 0 amide bonds. The van der Waals surface area contributed by atoms with Crippen LogP contribution < -0.4 is 5.32 Å². The van der Waals surface area contributed by atoms with Crippen molar-refractivity contribution >= 4 is 11.3 Å². The molecule has 3 aliphatic rings. The molecule has 4 heteroatoms. The van der Waals surface area contributed by atoms with Crippen molar-refractivity contribution in [2.75, 3.05) is 26.2 Å². The summed E-state index contributed by atoms with van der Waals surface area (Å²) >= 11 is 1.76. The van der Waals surface area contributed by atoms with Gasteiger partial charge in [0.1, 0.15) is 0 Å². The van der Waals surface area contributed by atoms with E-state index in [1.54, 1.807) is 11.3 Å². The zero-order chi connectivity index (χ0) is 11.7. The third-order valence-corrected chi connectivity index (χ3v) is 4.93. The van der Waals surface area contributed by atoms with Gasteiger partial charge in [-0.05, 0) is 38.8 Å². The zero-order valence-corrected chi connectivity index (χ0v) is 11.3. The SMILES string of the molecule is Cc1nc(CCNC2CN3CCC2CC3)cs1. The van der Waals surface area contributed by atoms with Crippen molar-refractivity contribution in [3.63, 3.8) is 0 Å². The van der Waals surface area contributed by atoms with Gasteiger partial charge in [0.05, 0.1) is 10.7 Å². The second kappa shape index (κ2) is 5.04. The normalized spacial score (nSPS) is 31.9. The number of thiazole rings is 1. The zero-order valence-electron chi connectivity index (χ0n) is 10.5. The molecule has 4 rings (SSSR count). The quantitative estimate of drug-likeness (QED) is 0.882. The Morgan fingerprint density at radius 3 is 2.88 bits per heavy atom. The number of aromatic nitrogens is 1.